The topological polar surface area (TPSA) is 72.2 Å². The van der Waals surface area contributed by atoms with Crippen LogP contribution in [0.15, 0.2) is 58.3 Å². The number of hydrogen-bond donors (Lipinski definition) is 2. The number of nitrogens with one attached hydrogen (secondary N) is 1. The molecule has 3 N–H and O–H groups in total. The Morgan fingerprint density at radius 3 is 2.45 bits per heavy atom. The highest BCUT2D eigenvalue weighted by Crippen LogP contribution is 2.21. The van der Waals surface area contributed by atoms with Crippen molar-refractivity contribution in [2.24, 2.45) is 5.73 Å². The van der Waals surface area contributed by atoms with Crippen molar-refractivity contribution in [3.05, 3.63) is 53.6 Å². The molecule has 0 saturated heterocycles. The van der Waals surface area contributed by atoms with Gasteiger partial charge in [0.25, 0.3) is 0 Å². The van der Waals surface area contributed by atoms with E-state index in [1.165, 1.54) is 0 Å². The molecule has 2 aromatic carbocycles. The van der Waals surface area contributed by atoms with Crippen LogP contribution in [0.1, 0.15) is 0 Å². The SMILES string of the molecule is NCC(=O)Nc1cccc(S(=O)c2cccc(Cl)c2)c1. The summed E-state index contributed by atoms with van der Waals surface area (Å²) in [6.45, 7) is -0.0956. The predicted molar refractivity (Wildman–Crippen MR) is 80.3 cm³/mol. The highest BCUT2D eigenvalue weighted by Gasteiger charge is 2.09. The van der Waals surface area contributed by atoms with Crippen LogP contribution in [-0.4, -0.2) is 16.7 Å². The van der Waals surface area contributed by atoms with Gasteiger partial charge in [0.05, 0.1) is 17.3 Å². The summed E-state index contributed by atoms with van der Waals surface area (Å²) in [4.78, 5) is 12.4. The van der Waals surface area contributed by atoms with E-state index < -0.39 is 10.8 Å². The van der Waals surface area contributed by atoms with E-state index in [1.807, 2.05) is 0 Å². The number of halogens is 1. The van der Waals surface area contributed by atoms with Crippen molar-refractivity contribution in [3.63, 3.8) is 0 Å². The van der Waals surface area contributed by atoms with Gasteiger partial charge in [-0.3, -0.25) is 4.79 Å². The zero-order valence-corrected chi connectivity index (χ0v) is 12.1. The third-order valence-corrected chi connectivity index (χ3v) is 4.13. The first-order chi connectivity index (χ1) is 9.60. The van der Waals surface area contributed by atoms with Crippen molar-refractivity contribution in [2.45, 2.75) is 9.79 Å². The lowest BCUT2D eigenvalue weighted by Gasteiger charge is -2.07. The number of benzene rings is 2. The monoisotopic (exact) mass is 308 g/mol. The van der Waals surface area contributed by atoms with Crippen molar-refractivity contribution in [3.8, 4) is 0 Å². The fourth-order valence-corrected chi connectivity index (χ4v) is 3.02. The lowest BCUT2D eigenvalue weighted by molar-refractivity contribution is -0.114. The highest BCUT2D eigenvalue weighted by molar-refractivity contribution is 7.85. The zero-order valence-electron chi connectivity index (χ0n) is 10.5. The minimum Gasteiger partial charge on any atom is -0.325 e. The van der Waals surface area contributed by atoms with E-state index in [0.29, 0.717) is 20.5 Å². The van der Waals surface area contributed by atoms with Crippen LogP contribution in [0.2, 0.25) is 5.02 Å². The van der Waals surface area contributed by atoms with Gasteiger partial charge in [0.1, 0.15) is 0 Å². The van der Waals surface area contributed by atoms with Crippen LogP contribution < -0.4 is 11.1 Å². The molecule has 0 bridgehead atoms. The summed E-state index contributed by atoms with van der Waals surface area (Å²) in [6.07, 6.45) is 0. The fraction of sp³-hybridized carbons (Fsp3) is 0.0714. The molecule has 0 aliphatic heterocycles. The molecule has 0 aromatic heterocycles. The molecule has 0 aliphatic rings. The zero-order chi connectivity index (χ0) is 14.5. The minimum atomic E-state index is -1.35. The molecular formula is C14H13ClN2O2S. The van der Waals surface area contributed by atoms with Crippen molar-refractivity contribution in [2.75, 3.05) is 11.9 Å². The first-order valence-electron chi connectivity index (χ1n) is 5.87. The molecule has 4 nitrogen and oxygen atoms in total. The second-order valence-corrected chi connectivity index (χ2v) is 5.92. The maximum Gasteiger partial charge on any atom is 0.238 e. The molecule has 1 unspecified atom stereocenters. The van der Waals surface area contributed by atoms with E-state index in [2.05, 4.69) is 5.32 Å². The number of hydrogen-bond acceptors (Lipinski definition) is 3. The quantitative estimate of drug-likeness (QED) is 0.911. The average Bonchev–Trinajstić information content (AvgIpc) is 2.46. The van der Waals surface area contributed by atoms with Gasteiger partial charge in [-0.1, -0.05) is 23.7 Å². The molecule has 0 saturated carbocycles. The first kappa shape index (κ1) is 14.7. The number of amides is 1. The molecule has 0 fully saturated rings. The lowest BCUT2D eigenvalue weighted by atomic mass is 10.3. The van der Waals surface area contributed by atoms with Crippen LogP contribution in [-0.2, 0) is 15.6 Å². The van der Waals surface area contributed by atoms with E-state index in [0.717, 1.165) is 0 Å². The van der Waals surface area contributed by atoms with Gasteiger partial charge in [-0.2, -0.15) is 0 Å². The van der Waals surface area contributed by atoms with Gasteiger partial charge in [-0.15, -0.1) is 0 Å². The molecule has 2 rings (SSSR count). The van der Waals surface area contributed by atoms with E-state index in [9.17, 15) is 9.00 Å². The van der Waals surface area contributed by atoms with Gasteiger partial charge in [0.15, 0.2) is 0 Å². The molecule has 0 aliphatic carbocycles. The summed E-state index contributed by atoms with van der Waals surface area (Å²) in [5, 5.41) is 3.16. The van der Waals surface area contributed by atoms with E-state index in [-0.39, 0.29) is 12.5 Å². The van der Waals surface area contributed by atoms with Crippen LogP contribution in [0.4, 0.5) is 5.69 Å². The Labute approximate surface area is 124 Å². The summed E-state index contributed by atoms with van der Waals surface area (Å²) < 4.78 is 12.4. The summed E-state index contributed by atoms with van der Waals surface area (Å²) in [7, 11) is -1.35. The molecule has 0 spiro atoms. The van der Waals surface area contributed by atoms with Gasteiger partial charge in [-0.25, -0.2) is 4.21 Å². The number of carbonyl (C=O) groups excluding carboxylic acids is 1. The predicted octanol–water partition coefficient (Wildman–Crippen LogP) is 2.40. The van der Waals surface area contributed by atoms with Crippen molar-refractivity contribution in [1.82, 2.24) is 0 Å². The third-order valence-electron chi connectivity index (χ3n) is 2.53. The first-order valence-corrected chi connectivity index (χ1v) is 7.40. The number of nitrogens with two attached hydrogens (primary N) is 1. The summed E-state index contributed by atoms with van der Waals surface area (Å²) in [5.41, 5.74) is 5.80. The van der Waals surface area contributed by atoms with E-state index in [1.54, 1.807) is 48.5 Å². The van der Waals surface area contributed by atoms with Gasteiger partial charge in [-0.05, 0) is 36.4 Å². The van der Waals surface area contributed by atoms with Gasteiger partial charge in [0, 0.05) is 20.5 Å². The Bertz CT molecular complexity index is 661. The summed E-state index contributed by atoms with van der Waals surface area (Å²) in [5.74, 6) is -0.296. The van der Waals surface area contributed by atoms with Crippen molar-refractivity contribution >= 4 is 34.0 Å². The molecule has 1 atom stereocenters. The Morgan fingerprint density at radius 1 is 1.15 bits per heavy atom. The third kappa shape index (κ3) is 3.66. The molecule has 20 heavy (non-hydrogen) atoms. The van der Waals surface area contributed by atoms with Gasteiger partial charge in [0.2, 0.25) is 5.91 Å². The summed E-state index contributed by atoms with van der Waals surface area (Å²) in [6, 6.07) is 13.7. The largest absolute Gasteiger partial charge is 0.325 e. The van der Waals surface area contributed by atoms with Crippen LogP contribution in [0.5, 0.6) is 0 Å². The van der Waals surface area contributed by atoms with E-state index >= 15 is 0 Å². The molecule has 0 radical (unpaired) electrons. The maximum atomic E-state index is 12.4. The van der Waals surface area contributed by atoms with Crippen LogP contribution >= 0.6 is 11.6 Å². The Kier molecular flexibility index (Phi) is 4.89. The normalized spacial score (nSPS) is 11.9. The molecule has 2 aromatic rings. The standard InChI is InChI=1S/C14H13ClN2O2S/c15-10-3-1-5-12(7-10)20(19)13-6-2-4-11(8-13)17-14(18)9-16/h1-8H,9,16H2,(H,17,18). The lowest BCUT2D eigenvalue weighted by Crippen LogP contribution is -2.21. The van der Waals surface area contributed by atoms with Crippen LogP contribution in [0.3, 0.4) is 0 Å². The van der Waals surface area contributed by atoms with Crippen LogP contribution in [0, 0.1) is 0 Å². The molecule has 104 valence electrons. The van der Waals surface area contributed by atoms with E-state index in [4.69, 9.17) is 17.3 Å². The second-order valence-electron chi connectivity index (χ2n) is 4.01. The van der Waals surface area contributed by atoms with Gasteiger partial charge >= 0.3 is 0 Å². The second kappa shape index (κ2) is 6.65. The van der Waals surface area contributed by atoms with Gasteiger partial charge < -0.3 is 11.1 Å². The molecular weight excluding hydrogens is 296 g/mol. The van der Waals surface area contributed by atoms with Crippen LogP contribution in [0.25, 0.3) is 0 Å². The van der Waals surface area contributed by atoms with Crippen molar-refractivity contribution < 1.29 is 9.00 Å². The summed E-state index contributed by atoms with van der Waals surface area (Å²) >= 11 is 5.89. The molecule has 0 heterocycles. The molecule has 1 amide bonds. The maximum absolute atomic E-state index is 12.4. The highest BCUT2D eigenvalue weighted by atomic mass is 35.5. The van der Waals surface area contributed by atoms with Crippen molar-refractivity contribution in [1.29, 1.82) is 0 Å². The average molecular weight is 309 g/mol. The number of anilines is 1. The Morgan fingerprint density at radius 2 is 1.80 bits per heavy atom. The number of rotatable bonds is 4. The Balaban J connectivity index is 2.26. The fourth-order valence-electron chi connectivity index (χ4n) is 1.62. The minimum absolute atomic E-state index is 0.0956. The molecule has 6 heteroatoms. The number of carbonyl (C=O) groups is 1. The Hall–Kier alpha value is -1.69. The smallest absolute Gasteiger partial charge is 0.238 e.